The van der Waals surface area contributed by atoms with Crippen molar-refractivity contribution in [1.29, 1.82) is 0 Å². The number of halogens is 2. The van der Waals surface area contributed by atoms with Crippen molar-refractivity contribution in [2.75, 3.05) is 7.11 Å². The molecule has 3 unspecified atom stereocenters. The van der Waals surface area contributed by atoms with Gasteiger partial charge in [-0.05, 0) is 135 Å². The van der Waals surface area contributed by atoms with Crippen molar-refractivity contribution in [3.8, 4) is 0 Å². The number of Topliss-reactive ketones (excluding diaryl/α,β-unsaturated/α-hetero) is 1. The largest absolute Gasteiger partial charge is 0.393 e. The second-order valence-electron chi connectivity index (χ2n) is 16.4. The maximum atomic E-state index is 12.5. The summed E-state index contributed by atoms with van der Waals surface area (Å²) in [6.07, 6.45) is 11.1. The second kappa shape index (κ2) is 26.4. The van der Waals surface area contributed by atoms with E-state index in [9.17, 15) is 15.0 Å². The number of aryl methyl sites for hydroxylation is 8. The summed E-state index contributed by atoms with van der Waals surface area (Å²) in [7, 11) is 1.74. The molecule has 4 aromatic rings. The average Bonchev–Trinajstić information content (AvgIpc) is 3.85. The van der Waals surface area contributed by atoms with E-state index in [-0.39, 0.29) is 101 Å². The molecule has 1 aromatic heterocycles. The number of carbonyl (C=O) groups excluding carboxylic acids is 1. The minimum absolute atomic E-state index is 0. The van der Waals surface area contributed by atoms with E-state index in [1.807, 2.05) is 24.3 Å². The Kier molecular flexibility index (Phi) is 23.6. The van der Waals surface area contributed by atoms with E-state index in [0.29, 0.717) is 37.1 Å². The molecule has 2 aliphatic carbocycles. The van der Waals surface area contributed by atoms with Crippen LogP contribution in [0.25, 0.3) is 0 Å². The molecular formula is C49H62Cl2O4SY2-2. The summed E-state index contributed by atoms with van der Waals surface area (Å²) in [6, 6.07) is 24.3. The summed E-state index contributed by atoms with van der Waals surface area (Å²) in [5.41, 5.74) is 11.1. The number of rotatable bonds is 17. The number of ether oxygens (including phenoxy) is 1. The predicted molar refractivity (Wildman–Crippen MR) is 233 cm³/mol. The zero-order chi connectivity index (χ0) is 40.2. The molecule has 0 saturated heterocycles. The van der Waals surface area contributed by atoms with Crippen molar-refractivity contribution < 1.29 is 85.2 Å². The minimum Gasteiger partial charge on any atom is -0.393 e. The number of aliphatic hydroxyl groups excluding tert-OH is 2. The first kappa shape index (κ1) is 52.0. The maximum absolute atomic E-state index is 12.5. The first-order valence-electron chi connectivity index (χ1n) is 20.6. The number of hydrogen-bond acceptors (Lipinski definition) is 5. The van der Waals surface area contributed by atoms with Gasteiger partial charge in [-0.3, -0.25) is 4.79 Å². The Labute approximate surface area is 413 Å². The molecule has 310 valence electrons. The average molecular weight is 996 g/mol. The van der Waals surface area contributed by atoms with Gasteiger partial charge in [0.25, 0.3) is 0 Å². The van der Waals surface area contributed by atoms with Gasteiger partial charge in [0.15, 0.2) is 0 Å². The summed E-state index contributed by atoms with van der Waals surface area (Å²) in [4.78, 5) is 13.9. The van der Waals surface area contributed by atoms with E-state index < -0.39 is 0 Å². The maximum Gasteiger partial charge on any atom is 0.137 e. The SMILES string of the molecule is COCc1c(C)cc(CC[C@H]2C(Cl)CC(=O)[C@@H]2CCCc2cc[c-]s2)cc1C.Cc1cc(CC[C@H]2C(Cl)CC(O)[C@@H]2CCCc2c[c-]ccc2)cc(C)c1CO.[Y].[Y]. The van der Waals surface area contributed by atoms with Crippen LogP contribution in [0.4, 0.5) is 0 Å². The zero-order valence-electron chi connectivity index (χ0n) is 35.2. The Bertz CT molecular complexity index is 1770. The van der Waals surface area contributed by atoms with Gasteiger partial charge in [0, 0.05) is 95.6 Å². The molecule has 9 heteroatoms. The van der Waals surface area contributed by atoms with Gasteiger partial charge in [0.2, 0.25) is 0 Å². The van der Waals surface area contributed by atoms with Crippen LogP contribution < -0.4 is 0 Å². The molecule has 2 fully saturated rings. The fourth-order valence-corrected chi connectivity index (χ4v) is 11.1. The molecule has 1 heterocycles. The predicted octanol–water partition coefficient (Wildman–Crippen LogP) is 11.2. The summed E-state index contributed by atoms with van der Waals surface area (Å²) < 4.78 is 5.32. The normalized spacial score (nSPS) is 22.6. The summed E-state index contributed by atoms with van der Waals surface area (Å²) in [5, 5.41) is 23.3. The molecule has 0 bridgehead atoms. The van der Waals surface area contributed by atoms with Crippen LogP contribution in [0.1, 0.15) is 106 Å². The number of aliphatic hydroxyl groups is 2. The Hall–Kier alpha value is -0.302. The Balaban J connectivity index is 0.000000300. The van der Waals surface area contributed by atoms with Crippen molar-refractivity contribution in [2.45, 2.75) is 135 Å². The first-order valence-corrected chi connectivity index (χ1v) is 22.3. The molecule has 3 aromatic carbocycles. The topological polar surface area (TPSA) is 66.8 Å². The summed E-state index contributed by atoms with van der Waals surface area (Å²) >= 11 is 14.9. The quantitative estimate of drug-likeness (QED) is 0.0817. The van der Waals surface area contributed by atoms with Gasteiger partial charge >= 0.3 is 0 Å². The van der Waals surface area contributed by atoms with Gasteiger partial charge < -0.3 is 26.3 Å². The van der Waals surface area contributed by atoms with Gasteiger partial charge in [-0.2, -0.15) is 42.0 Å². The standard InChI is InChI=1S/C25H32ClO2.C24H30ClO2S.2Y/c1-17-13-20(14-18(2)23(17)16-27)11-12-21-22(25(28)15-24(21)26)10-6-9-19-7-4-3-5-8-19;1-16-12-18(13-17(2)22(16)15-27-3)9-10-20-21(24(26)14-23(20)25)8-4-6-19-7-5-11-28-19;;/h3-4,7-8,13-14,21-22,24-25,27-28H,6,9-12,15-16H2,1-2H3;5,7,12-13,20-21,23H,4,6,8-10,14-15H2,1-3H3;;/q2*-1;;/t21-,22-,24?,25?;20-,21-,23?;;/m11../s1. The van der Waals surface area contributed by atoms with Gasteiger partial charge in [-0.25, -0.2) is 6.07 Å². The summed E-state index contributed by atoms with van der Waals surface area (Å²) in [6.45, 7) is 9.18. The molecule has 2 aliphatic rings. The smallest absolute Gasteiger partial charge is 0.137 e. The fourth-order valence-electron chi connectivity index (χ4n) is 9.45. The van der Waals surface area contributed by atoms with Crippen LogP contribution in [0.3, 0.4) is 0 Å². The number of carbonyl (C=O) groups is 1. The summed E-state index contributed by atoms with van der Waals surface area (Å²) in [5.74, 6) is 1.43. The van der Waals surface area contributed by atoms with E-state index >= 15 is 0 Å². The van der Waals surface area contributed by atoms with Crippen LogP contribution in [0, 0.1) is 62.8 Å². The number of ketones is 1. The molecule has 2 radical (unpaired) electrons. The van der Waals surface area contributed by atoms with Crippen LogP contribution in [-0.2, 0) is 114 Å². The van der Waals surface area contributed by atoms with E-state index in [2.05, 4.69) is 75.5 Å². The fraction of sp³-hybridized carbons (Fsp3) is 0.531. The monoisotopic (exact) mass is 994 g/mol. The third-order valence-corrected chi connectivity index (χ3v) is 14.3. The van der Waals surface area contributed by atoms with E-state index in [1.54, 1.807) is 18.4 Å². The Morgan fingerprint density at radius 3 is 1.95 bits per heavy atom. The Morgan fingerprint density at radius 1 is 0.759 bits per heavy atom. The van der Waals surface area contributed by atoms with Crippen LogP contribution in [0.2, 0.25) is 0 Å². The van der Waals surface area contributed by atoms with E-state index in [4.69, 9.17) is 27.9 Å². The molecule has 58 heavy (non-hydrogen) atoms. The van der Waals surface area contributed by atoms with Gasteiger partial charge in [-0.15, -0.1) is 33.5 Å². The molecule has 0 amide bonds. The van der Waals surface area contributed by atoms with Crippen LogP contribution in [0.15, 0.2) is 60.7 Å². The van der Waals surface area contributed by atoms with Gasteiger partial charge in [0.1, 0.15) is 5.78 Å². The molecule has 0 spiro atoms. The number of thiophene rings is 1. The van der Waals surface area contributed by atoms with Crippen molar-refractivity contribution >= 4 is 40.3 Å². The van der Waals surface area contributed by atoms with Crippen LogP contribution in [-0.4, -0.2) is 40.0 Å². The number of hydrogen-bond donors (Lipinski definition) is 2. The van der Waals surface area contributed by atoms with Crippen molar-refractivity contribution in [1.82, 2.24) is 0 Å². The number of benzene rings is 3. The molecule has 0 aliphatic heterocycles. The van der Waals surface area contributed by atoms with E-state index in [1.165, 1.54) is 38.3 Å². The third kappa shape index (κ3) is 14.9. The second-order valence-corrected chi connectivity index (χ2v) is 18.5. The molecule has 2 saturated carbocycles. The van der Waals surface area contributed by atoms with Gasteiger partial charge in [-0.1, -0.05) is 49.9 Å². The number of methoxy groups -OCH3 is 1. The Morgan fingerprint density at radius 2 is 1.38 bits per heavy atom. The van der Waals surface area contributed by atoms with Crippen LogP contribution in [0.5, 0.6) is 0 Å². The molecular weight excluding hydrogens is 933 g/mol. The first-order chi connectivity index (χ1) is 27.0. The molecule has 4 nitrogen and oxygen atoms in total. The number of alkyl halides is 2. The van der Waals surface area contributed by atoms with Crippen molar-refractivity contribution in [2.24, 2.45) is 23.7 Å². The zero-order valence-corrected chi connectivity index (χ0v) is 43.2. The third-order valence-electron chi connectivity index (χ3n) is 12.5. The van der Waals surface area contributed by atoms with Gasteiger partial charge in [0.05, 0.1) is 19.3 Å². The van der Waals surface area contributed by atoms with E-state index in [0.717, 1.165) is 80.9 Å². The molecule has 2 N–H and O–H groups in total. The van der Waals surface area contributed by atoms with Crippen molar-refractivity contribution in [3.63, 3.8) is 0 Å². The van der Waals surface area contributed by atoms with Crippen LogP contribution >= 0.6 is 34.5 Å². The minimum atomic E-state index is -0.282. The van der Waals surface area contributed by atoms with Crippen molar-refractivity contribution in [3.05, 3.63) is 127 Å². The molecule has 6 rings (SSSR count). The molecule has 7 atom stereocenters.